The number of sulfone groups is 1. The van der Waals surface area contributed by atoms with E-state index in [0.29, 0.717) is 11.4 Å². The van der Waals surface area contributed by atoms with E-state index in [1.54, 1.807) is 36.7 Å². The zero-order valence-corrected chi connectivity index (χ0v) is 15.9. The molecular weight excluding hydrogens is 358 g/mol. The van der Waals surface area contributed by atoms with Gasteiger partial charge in [0.15, 0.2) is 9.84 Å². The molecule has 6 heteroatoms. The zero-order valence-electron chi connectivity index (χ0n) is 15.1. The van der Waals surface area contributed by atoms with Crippen molar-refractivity contribution in [1.82, 2.24) is 14.5 Å². The van der Waals surface area contributed by atoms with Crippen LogP contribution in [-0.2, 0) is 16.4 Å². The van der Waals surface area contributed by atoms with Gasteiger partial charge in [-0.05, 0) is 42.8 Å². The lowest BCUT2D eigenvalue weighted by Gasteiger charge is -2.10. The number of nitrogens with zero attached hydrogens (tertiary/aromatic N) is 3. The Morgan fingerprint density at radius 2 is 1.67 bits per heavy atom. The van der Waals surface area contributed by atoms with E-state index in [0.717, 1.165) is 22.4 Å². The van der Waals surface area contributed by atoms with Crippen LogP contribution in [0.25, 0.3) is 22.4 Å². The van der Waals surface area contributed by atoms with Crippen molar-refractivity contribution in [3.05, 3.63) is 78.1 Å². The first kappa shape index (κ1) is 17.4. The summed E-state index contributed by atoms with van der Waals surface area (Å²) >= 11 is 0. The monoisotopic (exact) mass is 377 g/mol. The summed E-state index contributed by atoms with van der Waals surface area (Å²) in [4.78, 5) is 9.21. The molecule has 2 aromatic heterocycles. The minimum absolute atomic E-state index is 0.300. The molecule has 27 heavy (non-hydrogen) atoms. The third-order valence-corrected chi connectivity index (χ3v) is 5.68. The van der Waals surface area contributed by atoms with E-state index in [1.807, 2.05) is 6.07 Å². The van der Waals surface area contributed by atoms with E-state index >= 15 is 0 Å². The smallest absolute Gasteiger partial charge is 0.175 e. The van der Waals surface area contributed by atoms with Gasteiger partial charge in [0.1, 0.15) is 11.3 Å². The van der Waals surface area contributed by atoms with Crippen LogP contribution < -0.4 is 0 Å². The molecule has 0 aliphatic rings. The van der Waals surface area contributed by atoms with Crippen molar-refractivity contribution in [3.8, 4) is 11.4 Å². The van der Waals surface area contributed by atoms with Gasteiger partial charge in [0, 0.05) is 24.6 Å². The molecule has 4 rings (SSSR count). The van der Waals surface area contributed by atoms with Gasteiger partial charge in [0.2, 0.25) is 0 Å². The van der Waals surface area contributed by atoms with Gasteiger partial charge < -0.3 is 4.57 Å². The Morgan fingerprint density at radius 1 is 0.963 bits per heavy atom. The predicted octanol–water partition coefficient (Wildman–Crippen LogP) is 3.86. The standard InChI is InChI=1S/C21H19N3O2S/c1-15-3-5-16(6-4-15)14-24-20-11-12-22-13-19(20)23-21(24)17-7-9-18(10-8-17)27(2,25)26/h3-13H,14H2,1-2H3. The number of aryl methyl sites for hydroxylation is 1. The molecule has 4 aromatic rings. The van der Waals surface area contributed by atoms with Crippen molar-refractivity contribution < 1.29 is 8.42 Å². The topological polar surface area (TPSA) is 64.8 Å². The molecule has 2 aromatic carbocycles. The van der Waals surface area contributed by atoms with Crippen molar-refractivity contribution in [3.63, 3.8) is 0 Å². The summed E-state index contributed by atoms with van der Waals surface area (Å²) < 4.78 is 25.6. The van der Waals surface area contributed by atoms with E-state index in [-0.39, 0.29) is 0 Å². The van der Waals surface area contributed by atoms with Gasteiger partial charge in [-0.25, -0.2) is 13.4 Å². The Morgan fingerprint density at radius 3 is 2.33 bits per heavy atom. The van der Waals surface area contributed by atoms with Crippen LogP contribution in [0.3, 0.4) is 0 Å². The highest BCUT2D eigenvalue weighted by atomic mass is 32.2. The van der Waals surface area contributed by atoms with Crippen LogP contribution in [0.1, 0.15) is 11.1 Å². The number of fused-ring (bicyclic) bond motifs is 1. The summed E-state index contributed by atoms with van der Waals surface area (Å²) in [7, 11) is -3.23. The second-order valence-electron chi connectivity index (χ2n) is 6.67. The van der Waals surface area contributed by atoms with E-state index in [9.17, 15) is 8.42 Å². The van der Waals surface area contributed by atoms with Crippen molar-refractivity contribution >= 4 is 20.9 Å². The third-order valence-electron chi connectivity index (χ3n) is 4.55. The second kappa shape index (κ2) is 6.63. The van der Waals surface area contributed by atoms with Crippen LogP contribution in [0.2, 0.25) is 0 Å². The fraction of sp³-hybridized carbons (Fsp3) is 0.143. The molecule has 0 N–H and O–H groups in total. The summed E-state index contributed by atoms with van der Waals surface area (Å²) in [6.07, 6.45) is 4.71. The molecule has 5 nitrogen and oxygen atoms in total. The van der Waals surface area contributed by atoms with Crippen LogP contribution in [0.4, 0.5) is 0 Å². The molecule has 0 saturated carbocycles. The fourth-order valence-electron chi connectivity index (χ4n) is 3.09. The lowest BCUT2D eigenvalue weighted by molar-refractivity contribution is 0.602. The van der Waals surface area contributed by atoms with Crippen LogP contribution in [0.5, 0.6) is 0 Å². The fourth-order valence-corrected chi connectivity index (χ4v) is 3.72. The maximum Gasteiger partial charge on any atom is 0.175 e. The van der Waals surface area contributed by atoms with Gasteiger partial charge in [0.05, 0.1) is 16.6 Å². The number of hydrogen-bond donors (Lipinski definition) is 0. The highest BCUT2D eigenvalue weighted by molar-refractivity contribution is 7.90. The molecule has 0 radical (unpaired) electrons. The Bertz CT molecular complexity index is 1210. The molecule has 0 aliphatic heterocycles. The Hall–Kier alpha value is -2.99. The maximum absolute atomic E-state index is 11.7. The molecule has 0 amide bonds. The molecule has 0 saturated heterocycles. The normalized spacial score (nSPS) is 11.8. The van der Waals surface area contributed by atoms with E-state index in [1.165, 1.54) is 17.4 Å². The Kier molecular flexibility index (Phi) is 4.28. The molecule has 2 heterocycles. The van der Waals surface area contributed by atoms with E-state index < -0.39 is 9.84 Å². The first-order chi connectivity index (χ1) is 12.9. The number of pyridine rings is 1. The number of aromatic nitrogens is 3. The maximum atomic E-state index is 11.7. The average molecular weight is 377 g/mol. The van der Waals surface area contributed by atoms with Gasteiger partial charge in [0.25, 0.3) is 0 Å². The average Bonchev–Trinajstić information content (AvgIpc) is 3.02. The van der Waals surface area contributed by atoms with Crippen molar-refractivity contribution in [2.45, 2.75) is 18.4 Å². The van der Waals surface area contributed by atoms with Crippen molar-refractivity contribution in [2.75, 3.05) is 6.26 Å². The number of rotatable bonds is 4. The molecule has 0 bridgehead atoms. The highest BCUT2D eigenvalue weighted by Crippen LogP contribution is 2.26. The predicted molar refractivity (Wildman–Crippen MR) is 106 cm³/mol. The first-order valence-corrected chi connectivity index (χ1v) is 10.5. The largest absolute Gasteiger partial charge is 0.319 e. The zero-order chi connectivity index (χ0) is 19.0. The first-order valence-electron chi connectivity index (χ1n) is 8.58. The molecule has 0 aliphatic carbocycles. The Balaban J connectivity index is 1.83. The lowest BCUT2D eigenvalue weighted by atomic mass is 10.1. The summed E-state index contributed by atoms with van der Waals surface area (Å²) in [5.41, 5.74) is 5.06. The molecular formula is C21H19N3O2S. The Labute approximate surface area is 158 Å². The summed E-state index contributed by atoms with van der Waals surface area (Å²) in [5, 5.41) is 0. The van der Waals surface area contributed by atoms with E-state index in [4.69, 9.17) is 4.98 Å². The van der Waals surface area contributed by atoms with Gasteiger partial charge in [-0.2, -0.15) is 0 Å². The van der Waals surface area contributed by atoms with Crippen molar-refractivity contribution in [2.24, 2.45) is 0 Å². The molecule has 0 atom stereocenters. The van der Waals surface area contributed by atoms with Gasteiger partial charge >= 0.3 is 0 Å². The molecule has 0 unspecified atom stereocenters. The summed E-state index contributed by atoms with van der Waals surface area (Å²) in [5.74, 6) is 0.790. The number of hydrogen-bond acceptors (Lipinski definition) is 4. The van der Waals surface area contributed by atoms with Gasteiger partial charge in [-0.3, -0.25) is 4.98 Å². The summed E-state index contributed by atoms with van der Waals surface area (Å²) in [6, 6.07) is 17.2. The van der Waals surface area contributed by atoms with Crippen LogP contribution in [0, 0.1) is 6.92 Å². The highest BCUT2D eigenvalue weighted by Gasteiger charge is 2.14. The van der Waals surface area contributed by atoms with Crippen LogP contribution in [0.15, 0.2) is 71.9 Å². The van der Waals surface area contributed by atoms with Crippen LogP contribution >= 0.6 is 0 Å². The minimum atomic E-state index is -3.23. The lowest BCUT2D eigenvalue weighted by Crippen LogP contribution is -2.03. The SMILES string of the molecule is Cc1ccc(Cn2c(-c3ccc(S(C)(=O)=O)cc3)nc3cnccc32)cc1. The minimum Gasteiger partial charge on any atom is -0.319 e. The quantitative estimate of drug-likeness (QED) is 0.542. The van der Waals surface area contributed by atoms with Crippen LogP contribution in [-0.4, -0.2) is 29.2 Å². The van der Waals surface area contributed by atoms with Gasteiger partial charge in [-0.15, -0.1) is 0 Å². The van der Waals surface area contributed by atoms with E-state index in [2.05, 4.69) is 40.7 Å². The second-order valence-corrected chi connectivity index (χ2v) is 8.68. The summed E-state index contributed by atoms with van der Waals surface area (Å²) in [6.45, 7) is 2.74. The molecule has 0 spiro atoms. The molecule has 136 valence electrons. The van der Waals surface area contributed by atoms with Gasteiger partial charge in [-0.1, -0.05) is 29.8 Å². The number of benzene rings is 2. The number of imidazole rings is 1. The van der Waals surface area contributed by atoms with Crippen molar-refractivity contribution in [1.29, 1.82) is 0 Å². The third kappa shape index (κ3) is 3.48. The molecule has 0 fully saturated rings.